The minimum absolute atomic E-state index is 0. The Morgan fingerprint density at radius 3 is 2.00 bits per heavy atom. The number of carbonyl (C=O) groups excluding carboxylic acids is 2. The molecule has 0 saturated carbocycles. The van der Waals surface area contributed by atoms with Gasteiger partial charge in [0.25, 0.3) is 0 Å². The fourth-order valence-electron chi connectivity index (χ4n) is 0.117. The monoisotopic (exact) mass is 150 g/mol. The molecule has 0 N–H and O–H groups in total. The number of carbonyl (C=O) groups is 2. The van der Waals surface area contributed by atoms with E-state index in [1.54, 1.807) is 0 Å². The van der Waals surface area contributed by atoms with Crippen LogP contribution >= 0.6 is 0 Å². The Labute approximate surface area is 113 Å². The van der Waals surface area contributed by atoms with Crippen molar-refractivity contribution in [2.24, 2.45) is 0 Å². The topological polar surface area (TPSA) is 34.1 Å². The Hall–Kier alpha value is 1.98. The van der Waals surface area contributed by atoms with E-state index in [2.05, 4.69) is 0 Å². The molecule has 0 rings (SSSR count). The Morgan fingerprint density at radius 1 is 1.62 bits per heavy atom. The number of hydrogen-bond donors (Lipinski definition) is 0. The molecule has 0 heterocycles. The van der Waals surface area contributed by atoms with E-state index >= 15 is 0 Å². The zero-order chi connectivity index (χ0) is 4.99. The summed E-state index contributed by atoms with van der Waals surface area (Å²) in [7, 11) is 0. The molecule has 0 amide bonds. The fourth-order valence-corrected chi connectivity index (χ4v) is 0.117. The molecule has 4 heteroatoms. The summed E-state index contributed by atoms with van der Waals surface area (Å²) in [6.07, 6.45) is 0.655. The van der Waals surface area contributed by atoms with Gasteiger partial charge in [0.2, 0.25) is 0 Å². The van der Waals surface area contributed by atoms with Gasteiger partial charge in [0.1, 0.15) is 12.1 Å². The van der Waals surface area contributed by atoms with Crippen LogP contribution in [0.1, 0.15) is 13.3 Å². The predicted molar refractivity (Wildman–Crippen MR) is 35.7 cm³/mol. The van der Waals surface area contributed by atoms with Crippen LogP contribution in [0.4, 0.5) is 0 Å². The Morgan fingerprint density at radius 2 is 2.00 bits per heavy atom. The first-order valence-electron chi connectivity index (χ1n) is 1.70. The van der Waals surface area contributed by atoms with Gasteiger partial charge in [-0.25, -0.2) is 0 Å². The second-order valence-corrected chi connectivity index (χ2v) is 1.07. The molecular formula is C4H8KNaO2. The van der Waals surface area contributed by atoms with Crippen molar-refractivity contribution in [1.82, 2.24) is 0 Å². The van der Waals surface area contributed by atoms with E-state index in [0.29, 0.717) is 6.29 Å². The predicted octanol–water partition coefficient (Wildman–Crippen LogP) is -1.13. The normalized spacial score (nSPS) is 5.62. The van der Waals surface area contributed by atoms with Crippen LogP contribution in [0.5, 0.6) is 0 Å². The van der Waals surface area contributed by atoms with Crippen LogP contribution in [0.3, 0.4) is 0 Å². The standard InChI is InChI=1S/C4H6O2.K.Na.2H/c1-4(6)2-3-5;;;;/h3H,2H2,1H3;;;;. The number of aldehydes is 1. The Bertz CT molecular complexity index is 74.4. The molecular weight excluding hydrogens is 142 g/mol. The van der Waals surface area contributed by atoms with Gasteiger partial charge in [-0.05, 0) is 6.92 Å². The van der Waals surface area contributed by atoms with Gasteiger partial charge in [0.15, 0.2) is 0 Å². The first-order chi connectivity index (χ1) is 2.77. The third-order valence-electron chi connectivity index (χ3n) is 0.371. The van der Waals surface area contributed by atoms with Crippen molar-refractivity contribution in [2.45, 2.75) is 13.3 Å². The second kappa shape index (κ2) is 11.7. The van der Waals surface area contributed by atoms with Crippen LogP contribution < -0.4 is 0 Å². The molecule has 0 aliphatic heterocycles. The van der Waals surface area contributed by atoms with Gasteiger partial charge in [-0.15, -0.1) is 0 Å². The molecule has 2 nitrogen and oxygen atoms in total. The van der Waals surface area contributed by atoms with Crippen molar-refractivity contribution in [3.05, 3.63) is 0 Å². The summed E-state index contributed by atoms with van der Waals surface area (Å²) in [4.78, 5) is 19.2. The van der Waals surface area contributed by atoms with Crippen molar-refractivity contribution in [3.8, 4) is 0 Å². The van der Waals surface area contributed by atoms with Crippen molar-refractivity contribution < 1.29 is 9.59 Å². The van der Waals surface area contributed by atoms with E-state index < -0.39 is 0 Å². The van der Waals surface area contributed by atoms with Crippen LogP contribution in [-0.4, -0.2) is 93.0 Å². The molecule has 8 heavy (non-hydrogen) atoms. The molecule has 0 spiro atoms. The number of ketones is 1. The average molecular weight is 150 g/mol. The molecule has 0 unspecified atom stereocenters. The summed E-state index contributed by atoms with van der Waals surface area (Å²) >= 11 is 0. The fraction of sp³-hybridized carbons (Fsp3) is 0.500. The first-order valence-corrected chi connectivity index (χ1v) is 1.70. The van der Waals surface area contributed by atoms with Crippen molar-refractivity contribution in [2.75, 3.05) is 0 Å². The molecule has 0 atom stereocenters. The van der Waals surface area contributed by atoms with Crippen molar-refractivity contribution in [1.29, 1.82) is 0 Å². The van der Waals surface area contributed by atoms with Gasteiger partial charge in [0, 0.05) is 0 Å². The first kappa shape index (κ1) is 16.5. The maximum absolute atomic E-state index is 9.81. The number of hydrogen-bond acceptors (Lipinski definition) is 2. The van der Waals surface area contributed by atoms with Crippen LogP contribution in [0.25, 0.3) is 0 Å². The summed E-state index contributed by atoms with van der Waals surface area (Å²) in [6.45, 7) is 1.38. The van der Waals surface area contributed by atoms with E-state index in [9.17, 15) is 9.59 Å². The van der Waals surface area contributed by atoms with Crippen LogP contribution in [-0.2, 0) is 9.59 Å². The summed E-state index contributed by atoms with van der Waals surface area (Å²) < 4.78 is 0. The van der Waals surface area contributed by atoms with E-state index in [1.807, 2.05) is 0 Å². The molecule has 0 aliphatic rings. The molecule has 0 aromatic rings. The third kappa shape index (κ3) is 15.7. The Balaban J connectivity index is -0.000000125. The quantitative estimate of drug-likeness (QED) is 0.283. The van der Waals surface area contributed by atoms with Gasteiger partial charge in [-0.3, -0.25) is 4.79 Å². The van der Waals surface area contributed by atoms with Crippen molar-refractivity contribution in [3.63, 3.8) is 0 Å². The molecule has 0 aromatic heterocycles. The third-order valence-corrected chi connectivity index (χ3v) is 0.371. The van der Waals surface area contributed by atoms with Gasteiger partial charge in [-0.1, -0.05) is 0 Å². The molecule has 38 valence electrons. The van der Waals surface area contributed by atoms with Crippen molar-refractivity contribution >= 4 is 93.0 Å². The number of rotatable bonds is 2. The van der Waals surface area contributed by atoms with E-state index in [-0.39, 0.29) is 93.1 Å². The zero-order valence-corrected chi connectivity index (χ0v) is 3.60. The summed E-state index contributed by atoms with van der Waals surface area (Å²) in [6, 6.07) is 0. The summed E-state index contributed by atoms with van der Waals surface area (Å²) in [5.41, 5.74) is 0. The number of Topliss-reactive ketones (excluding diaryl/α,β-unsaturated/α-hetero) is 1. The maximum atomic E-state index is 9.81. The average Bonchev–Trinajstić information content (AvgIpc) is 1.35. The molecule has 0 fully saturated rings. The van der Waals surface area contributed by atoms with Gasteiger partial charge < -0.3 is 4.79 Å². The molecule has 0 saturated heterocycles. The van der Waals surface area contributed by atoms with Crippen LogP contribution in [0.2, 0.25) is 0 Å². The van der Waals surface area contributed by atoms with Crippen LogP contribution in [0, 0.1) is 0 Å². The Kier molecular flexibility index (Phi) is 24.2. The van der Waals surface area contributed by atoms with Gasteiger partial charge >= 0.3 is 80.9 Å². The summed E-state index contributed by atoms with van der Waals surface area (Å²) in [5, 5.41) is 0. The summed E-state index contributed by atoms with van der Waals surface area (Å²) in [5.74, 6) is -0.0787. The van der Waals surface area contributed by atoms with E-state index in [0.717, 1.165) is 0 Å². The van der Waals surface area contributed by atoms with E-state index in [1.165, 1.54) is 6.92 Å². The SMILES string of the molecule is CC(=O)CC=O.[KH].[NaH]. The van der Waals surface area contributed by atoms with Gasteiger partial charge in [0.05, 0.1) is 6.42 Å². The molecule has 0 bridgehead atoms. The van der Waals surface area contributed by atoms with E-state index in [4.69, 9.17) is 0 Å². The minimum atomic E-state index is -0.0787. The molecule has 0 radical (unpaired) electrons. The van der Waals surface area contributed by atoms with Crippen LogP contribution in [0.15, 0.2) is 0 Å². The molecule has 0 aromatic carbocycles. The zero-order valence-electron chi connectivity index (χ0n) is 3.60. The molecule has 0 aliphatic carbocycles. The van der Waals surface area contributed by atoms with Gasteiger partial charge in [-0.2, -0.15) is 0 Å². The second-order valence-electron chi connectivity index (χ2n) is 1.07.